The minimum Gasteiger partial charge on any atom is -0.469 e. The normalized spacial score (nSPS) is 36.5. The molecule has 0 aromatic carbocycles. The van der Waals surface area contributed by atoms with Crippen LogP contribution in [0.15, 0.2) is 0 Å². The Morgan fingerprint density at radius 3 is 2.60 bits per heavy atom. The SMILES string of the molecule is COC(=O)C1CCC2(CCCNC2)CC1. The van der Waals surface area contributed by atoms with Crippen LogP contribution >= 0.6 is 0 Å². The summed E-state index contributed by atoms with van der Waals surface area (Å²) in [4.78, 5) is 11.4. The van der Waals surface area contributed by atoms with Gasteiger partial charge in [-0.25, -0.2) is 0 Å². The quantitative estimate of drug-likeness (QED) is 0.671. The monoisotopic (exact) mass is 211 g/mol. The second-order valence-corrected chi connectivity index (χ2v) is 5.08. The molecule has 1 saturated heterocycles. The van der Waals surface area contributed by atoms with E-state index in [9.17, 15) is 4.79 Å². The highest BCUT2D eigenvalue weighted by atomic mass is 16.5. The number of carbonyl (C=O) groups is 1. The van der Waals surface area contributed by atoms with Crippen LogP contribution in [0.3, 0.4) is 0 Å². The van der Waals surface area contributed by atoms with Gasteiger partial charge < -0.3 is 10.1 Å². The van der Waals surface area contributed by atoms with Gasteiger partial charge in [-0.05, 0) is 50.5 Å². The van der Waals surface area contributed by atoms with Crippen LogP contribution in [0.2, 0.25) is 0 Å². The minimum atomic E-state index is -0.00591. The van der Waals surface area contributed by atoms with Crippen molar-refractivity contribution in [1.29, 1.82) is 0 Å². The molecule has 0 radical (unpaired) electrons. The predicted molar refractivity (Wildman–Crippen MR) is 58.5 cm³/mol. The smallest absolute Gasteiger partial charge is 0.308 e. The molecular formula is C12H21NO2. The summed E-state index contributed by atoms with van der Waals surface area (Å²) in [6.07, 6.45) is 7.07. The molecule has 15 heavy (non-hydrogen) atoms. The first-order valence-electron chi connectivity index (χ1n) is 6.04. The standard InChI is InChI=1S/C12H21NO2/c1-15-11(14)10-3-6-12(7-4-10)5-2-8-13-9-12/h10,13H,2-9H2,1H3. The van der Waals surface area contributed by atoms with Crippen molar-refractivity contribution >= 4 is 5.97 Å². The zero-order valence-corrected chi connectivity index (χ0v) is 9.55. The first-order valence-corrected chi connectivity index (χ1v) is 6.04. The number of nitrogens with one attached hydrogen (secondary N) is 1. The summed E-state index contributed by atoms with van der Waals surface area (Å²) in [5.74, 6) is 0.163. The van der Waals surface area contributed by atoms with Crippen molar-refractivity contribution in [3.63, 3.8) is 0 Å². The van der Waals surface area contributed by atoms with E-state index in [-0.39, 0.29) is 11.9 Å². The van der Waals surface area contributed by atoms with Gasteiger partial charge in [0.2, 0.25) is 0 Å². The molecule has 2 fully saturated rings. The van der Waals surface area contributed by atoms with E-state index in [4.69, 9.17) is 4.74 Å². The average Bonchev–Trinajstić information content (AvgIpc) is 2.30. The van der Waals surface area contributed by atoms with Crippen LogP contribution in [0.25, 0.3) is 0 Å². The van der Waals surface area contributed by atoms with Gasteiger partial charge in [0.25, 0.3) is 0 Å². The molecule has 1 spiro atoms. The van der Waals surface area contributed by atoms with E-state index in [1.807, 2.05) is 0 Å². The van der Waals surface area contributed by atoms with Crippen LogP contribution in [0.5, 0.6) is 0 Å². The fraction of sp³-hybridized carbons (Fsp3) is 0.917. The molecule has 0 amide bonds. The number of esters is 1. The van der Waals surface area contributed by atoms with Crippen molar-refractivity contribution in [2.24, 2.45) is 11.3 Å². The van der Waals surface area contributed by atoms with E-state index < -0.39 is 0 Å². The molecule has 1 N–H and O–H groups in total. The Balaban J connectivity index is 1.88. The molecule has 0 atom stereocenters. The highest BCUT2D eigenvalue weighted by Gasteiger charge is 2.38. The first-order chi connectivity index (χ1) is 7.26. The van der Waals surface area contributed by atoms with Crippen LogP contribution in [-0.2, 0) is 9.53 Å². The van der Waals surface area contributed by atoms with Gasteiger partial charge in [0, 0.05) is 6.54 Å². The van der Waals surface area contributed by atoms with E-state index in [1.54, 1.807) is 0 Å². The Kier molecular flexibility index (Phi) is 3.29. The Bertz CT molecular complexity index is 224. The number of rotatable bonds is 1. The number of piperidine rings is 1. The van der Waals surface area contributed by atoms with E-state index in [1.165, 1.54) is 39.3 Å². The molecule has 1 saturated carbocycles. The van der Waals surface area contributed by atoms with Gasteiger partial charge in [-0.15, -0.1) is 0 Å². The molecule has 0 unspecified atom stereocenters. The van der Waals surface area contributed by atoms with Crippen molar-refractivity contribution in [2.45, 2.75) is 38.5 Å². The number of hydrogen-bond acceptors (Lipinski definition) is 3. The lowest BCUT2D eigenvalue weighted by Crippen LogP contribution is -2.43. The van der Waals surface area contributed by atoms with E-state index in [0.717, 1.165) is 19.4 Å². The minimum absolute atomic E-state index is 0.00591. The van der Waals surface area contributed by atoms with Crippen molar-refractivity contribution in [3.05, 3.63) is 0 Å². The first kappa shape index (κ1) is 10.9. The van der Waals surface area contributed by atoms with Crippen LogP contribution in [0, 0.1) is 11.3 Å². The lowest BCUT2D eigenvalue weighted by atomic mass is 9.67. The highest BCUT2D eigenvalue weighted by Crippen LogP contribution is 2.43. The maximum absolute atomic E-state index is 11.4. The van der Waals surface area contributed by atoms with Crippen LogP contribution < -0.4 is 5.32 Å². The molecule has 1 aliphatic heterocycles. The van der Waals surface area contributed by atoms with Crippen molar-refractivity contribution in [2.75, 3.05) is 20.2 Å². The second kappa shape index (κ2) is 4.52. The third kappa shape index (κ3) is 2.33. The summed E-state index contributed by atoms with van der Waals surface area (Å²) in [6, 6.07) is 0. The Labute approximate surface area is 91.6 Å². The third-order valence-corrected chi connectivity index (χ3v) is 4.14. The van der Waals surface area contributed by atoms with Gasteiger partial charge >= 0.3 is 5.97 Å². The van der Waals surface area contributed by atoms with Gasteiger partial charge in [-0.2, -0.15) is 0 Å². The zero-order valence-electron chi connectivity index (χ0n) is 9.55. The Hall–Kier alpha value is -0.570. The summed E-state index contributed by atoms with van der Waals surface area (Å²) in [7, 11) is 1.49. The molecule has 3 nitrogen and oxygen atoms in total. The number of methoxy groups -OCH3 is 1. The van der Waals surface area contributed by atoms with Gasteiger partial charge in [-0.1, -0.05) is 0 Å². The van der Waals surface area contributed by atoms with Crippen molar-refractivity contribution in [3.8, 4) is 0 Å². The zero-order chi connectivity index (χ0) is 10.7. The summed E-state index contributed by atoms with van der Waals surface area (Å²) < 4.78 is 4.81. The van der Waals surface area contributed by atoms with E-state index in [0.29, 0.717) is 5.41 Å². The molecule has 3 heteroatoms. The largest absolute Gasteiger partial charge is 0.469 e. The molecule has 1 heterocycles. The Morgan fingerprint density at radius 1 is 1.33 bits per heavy atom. The van der Waals surface area contributed by atoms with Gasteiger partial charge in [0.1, 0.15) is 0 Å². The fourth-order valence-corrected chi connectivity index (χ4v) is 3.09. The molecule has 2 aliphatic rings. The average molecular weight is 211 g/mol. The Morgan fingerprint density at radius 2 is 2.07 bits per heavy atom. The predicted octanol–water partition coefficient (Wildman–Crippen LogP) is 1.72. The summed E-state index contributed by atoms with van der Waals surface area (Å²) in [5, 5.41) is 3.49. The molecule has 86 valence electrons. The fourth-order valence-electron chi connectivity index (χ4n) is 3.09. The van der Waals surface area contributed by atoms with Crippen LogP contribution in [0.4, 0.5) is 0 Å². The van der Waals surface area contributed by atoms with E-state index >= 15 is 0 Å². The van der Waals surface area contributed by atoms with Gasteiger partial charge in [-0.3, -0.25) is 4.79 Å². The summed E-state index contributed by atoms with van der Waals surface area (Å²) in [5.41, 5.74) is 0.503. The van der Waals surface area contributed by atoms with Crippen molar-refractivity contribution in [1.82, 2.24) is 5.32 Å². The van der Waals surface area contributed by atoms with Crippen LogP contribution in [-0.4, -0.2) is 26.2 Å². The summed E-state index contributed by atoms with van der Waals surface area (Å²) >= 11 is 0. The third-order valence-electron chi connectivity index (χ3n) is 4.14. The molecular weight excluding hydrogens is 190 g/mol. The molecule has 0 bridgehead atoms. The van der Waals surface area contributed by atoms with Gasteiger partial charge in [0.05, 0.1) is 13.0 Å². The molecule has 0 aromatic heterocycles. The number of hydrogen-bond donors (Lipinski definition) is 1. The van der Waals surface area contributed by atoms with Crippen LogP contribution in [0.1, 0.15) is 38.5 Å². The lowest BCUT2D eigenvalue weighted by Gasteiger charge is -2.42. The lowest BCUT2D eigenvalue weighted by molar-refractivity contribution is -0.147. The molecule has 1 aliphatic carbocycles. The van der Waals surface area contributed by atoms with Crippen molar-refractivity contribution < 1.29 is 9.53 Å². The summed E-state index contributed by atoms with van der Waals surface area (Å²) in [6.45, 7) is 2.32. The maximum atomic E-state index is 11.4. The maximum Gasteiger partial charge on any atom is 0.308 e. The highest BCUT2D eigenvalue weighted by molar-refractivity contribution is 5.72. The van der Waals surface area contributed by atoms with Gasteiger partial charge in [0.15, 0.2) is 0 Å². The van der Waals surface area contributed by atoms with E-state index in [2.05, 4.69) is 5.32 Å². The molecule has 0 aromatic rings. The second-order valence-electron chi connectivity index (χ2n) is 5.08. The topological polar surface area (TPSA) is 38.3 Å². The number of ether oxygens (including phenoxy) is 1. The molecule has 2 rings (SSSR count). The number of carbonyl (C=O) groups excluding carboxylic acids is 1.